The zero-order valence-corrected chi connectivity index (χ0v) is 20.6. The van der Waals surface area contributed by atoms with Gasteiger partial charge in [0.1, 0.15) is 16.3 Å². The number of hydrogen-bond acceptors (Lipinski definition) is 8. The molecule has 0 atom stereocenters. The molecule has 4 rings (SSSR count). The summed E-state index contributed by atoms with van der Waals surface area (Å²) < 4.78 is 60.3. The third kappa shape index (κ3) is 4.86. The highest BCUT2D eigenvalue weighted by atomic mass is 32.2. The van der Waals surface area contributed by atoms with E-state index in [0.717, 1.165) is 10.7 Å². The number of nitrogens with one attached hydrogen (secondary N) is 2. The van der Waals surface area contributed by atoms with Crippen LogP contribution in [0.5, 0.6) is 5.75 Å². The van der Waals surface area contributed by atoms with Gasteiger partial charge in [0.2, 0.25) is 10.0 Å². The number of sulfonamides is 1. The van der Waals surface area contributed by atoms with E-state index in [1.165, 1.54) is 25.1 Å². The van der Waals surface area contributed by atoms with Crippen LogP contribution in [0.3, 0.4) is 0 Å². The maximum absolute atomic E-state index is 13.1. The van der Waals surface area contributed by atoms with Crippen LogP contribution in [0.15, 0.2) is 74.5 Å². The summed E-state index contributed by atoms with van der Waals surface area (Å²) in [5, 5.41) is 21.6. The van der Waals surface area contributed by atoms with Crippen LogP contribution in [0, 0.1) is 6.92 Å². The molecule has 0 fully saturated rings. The molecule has 0 saturated carbocycles. The number of phenols is 1. The number of hydrogen-bond donors (Lipinski definition) is 4. The number of nitrogens with zero attached hydrogens (tertiary/aromatic N) is 3. The van der Waals surface area contributed by atoms with E-state index >= 15 is 0 Å². The van der Waals surface area contributed by atoms with Crippen LogP contribution in [0.25, 0.3) is 16.5 Å². The second kappa shape index (κ2) is 9.22. The standard InChI is InChI=1S/C22H21N5O7S2/c1-3-35(30,31)26-14-7-6-8-15(11-14)27-22(29)20(13(2)25-27)23-24-21-17-10-5-4-9-16(17)19(12-18(21)28)36(32,33)34/h4-12,25-26,28H,3H2,1-2H3,(H,32,33,34). The molecule has 0 bridgehead atoms. The second-order valence-corrected chi connectivity index (χ2v) is 11.1. The van der Waals surface area contributed by atoms with E-state index < -0.39 is 36.3 Å². The highest BCUT2D eigenvalue weighted by Crippen LogP contribution is 2.39. The number of fused-ring (bicyclic) bond motifs is 1. The minimum atomic E-state index is -4.63. The Hall–Kier alpha value is -4.01. The highest BCUT2D eigenvalue weighted by molar-refractivity contribution is 7.92. The zero-order valence-electron chi connectivity index (χ0n) is 19.0. The van der Waals surface area contributed by atoms with Crippen molar-refractivity contribution in [2.75, 3.05) is 10.5 Å². The molecule has 188 valence electrons. The van der Waals surface area contributed by atoms with Crippen molar-refractivity contribution in [2.24, 2.45) is 10.2 Å². The van der Waals surface area contributed by atoms with E-state index in [9.17, 15) is 31.3 Å². The van der Waals surface area contributed by atoms with Crippen LogP contribution in [-0.2, 0) is 20.1 Å². The topological polar surface area (TPSA) is 183 Å². The van der Waals surface area contributed by atoms with Gasteiger partial charge in [-0.1, -0.05) is 30.3 Å². The number of anilines is 1. The Balaban J connectivity index is 1.78. The lowest BCUT2D eigenvalue weighted by Gasteiger charge is -2.08. The molecule has 0 aliphatic rings. The van der Waals surface area contributed by atoms with Gasteiger partial charge in [0.15, 0.2) is 5.69 Å². The number of phenolic OH excluding ortho intramolecular Hbond substituents is 1. The largest absolute Gasteiger partial charge is 0.506 e. The van der Waals surface area contributed by atoms with Gasteiger partial charge in [-0.05, 0) is 32.0 Å². The molecule has 0 saturated heterocycles. The number of benzene rings is 3. The highest BCUT2D eigenvalue weighted by Gasteiger charge is 2.20. The molecule has 0 amide bonds. The molecular formula is C22H21N5O7S2. The smallest absolute Gasteiger partial charge is 0.299 e. The second-order valence-electron chi connectivity index (χ2n) is 7.74. The third-order valence-corrected chi connectivity index (χ3v) is 7.48. The Morgan fingerprint density at radius 3 is 2.31 bits per heavy atom. The number of aromatic hydroxyl groups is 1. The van der Waals surface area contributed by atoms with E-state index in [2.05, 4.69) is 20.0 Å². The normalized spacial score (nSPS) is 12.4. The number of aryl methyl sites for hydroxylation is 1. The van der Waals surface area contributed by atoms with Crippen molar-refractivity contribution >= 4 is 48.0 Å². The molecule has 36 heavy (non-hydrogen) atoms. The Bertz CT molecular complexity index is 1790. The van der Waals surface area contributed by atoms with Crippen molar-refractivity contribution < 1.29 is 26.5 Å². The Kier molecular flexibility index (Phi) is 6.43. The third-order valence-electron chi connectivity index (χ3n) is 5.28. The van der Waals surface area contributed by atoms with Crippen molar-refractivity contribution in [2.45, 2.75) is 18.7 Å². The average molecular weight is 532 g/mol. The van der Waals surface area contributed by atoms with E-state index in [0.29, 0.717) is 11.4 Å². The van der Waals surface area contributed by atoms with Crippen LogP contribution in [-0.4, -0.2) is 42.0 Å². The summed E-state index contributed by atoms with van der Waals surface area (Å²) in [5.41, 5.74) is 0.169. The van der Waals surface area contributed by atoms with Gasteiger partial charge >= 0.3 is 0 Å². The molecule has 4 aromatic rings. The number of azo groups is 1. The molecule has 0 aliphatic heterocycles. The molecule has 0 spiro atoms. The van der Waals surface area contributed by atoms with Gasteiger partial charge in [-0.25, -0.2) is 13.1 Å². The summed E-state index contributed by atoms with van der Waals surface area (Å²) in [6, 6.07) is 13.1. The molecule has 14 heteroatoms. The monoisotopic (exact) mass is 531 g/mol. The lowest BCUT2D eigenvalue weighted by atomic mass is 10.1. The van der Waals surface area contributed by atoms with E-state index in [1.807, 2.05) is 0 Å². The van der Waals surface area contributed by atoms with Crippen LogP contribution in [0.4, 0.5) is 17.1 Å². The quantitative estimate of drug-likeness (QED) is 0.207. The summed E-state index contributed by atoms with van der Waals surface area (Å²) in [6.45, 7) is 3.08. The molecule has 4 N–H and O–H groups in total. The Morgan fingerprint density at radius 1 is 0.972 bits per heavy atom. The first-order valence-corrected chi connectivity index (χ1v) is 13.6. The van der Waals surface area contributed by atoms with Gasteiger partial charge in [0, 0.05) is 16.8 Å². The van der Waals surface area contributed by atoms with Gasteiger partial charge in [-0.15, -0.1) is 10.2 Å². The minimum Gasteiger partial charge on any atom is -0.506 e. The van der Waals surface area contributed by atoms with Crippen LogP contribution in [0.1, 0.15) is 12.6 Å². The van der Waals surface area contributed by atoms with Crippen molar-refractivity contribution in [3.8, 4) is 11.4 Å². The number of rotatable bonds is 7. The van der Waals surface area contributed by atoms with Gasteiger partial charge in [0.25, 0.3) is 15.7 Å². The summed E-state index contributed by atoms with van der Waals surface area (Å²) in [4.78, 5) is 12.6. The predicted octanol–water partition coefficient (Wildman–Crippen LogP) is 3.76. The number of aromatic nitrogens is 2. The van der Waals surface area contributed by atoms with Crippen molar-refractivity contribution in [1.29, 1.82) is 0 Å². The van der Waals surface area contributed by atoms with Crippen molar-refractivity contribution in [1.82, 2.24) is 9.78 Å². The molecular weight excluding hydrogens is 510 g/mol. The molecule has 12 nitrogen and oxygen atoms in total. The first-order chi connectivity index (χ1) is 16.9. The average Bonchev–Trinajstić information content (AvgIpc) is 3.10. The molecule has 0 unspecified atom stereocenters. The molecule has 1 aromatic heterocycles. The van der Waals surface area contributed by atoms with E-state index in [1.54, 1.807) is 37.3 Å². The van der Waals surface area contributed by atoms with E-state index in [4.69, 9.17) is 0 Å². The summed E-state index contributed by atoms with van der Waals surface area (Å²) in [6.07, 6.45) is 0. The van der Waals surface area contributed by atoms with Crippen molar-refractivity contribution in [3.63, 3.8) is 0 Å². The van der Waals surface area contributed by atoms with Crippen molar-refractivity contribution in [3.05, 3.63) is 70.6 Å². The fourth-order valence-electron chi connectivity index (χ4n) is 3.53. The van der Waals surface area contributed by atoms with Crippen LogP contribution >= 0.6 is 0 Å². The lowest BCUT2D eigenvalue weighted by Crippen LogP contribution is -2.16. The molecule has 3 aromatic carbocycles. The van der Waals surface area contributed by atoms with Gasteiger partial charge in [-0.3, -0.25) is 19.2 Å². The van der Waals surface area contributed by atoms with Crippen LogP contribution < -0.4 is 10.3 Å². The van der Waals surface area contributed by atoms with Gasteiger partial charge < -0.3 is 5.11 Å². The predicted molar refractivity (Wildman–Crippen MR) is 134 cm³/mol. The SMILES string of the molecule is CCS(=O)(=O)Nc1cccc(-n2[nH]c(C)c(N=Nc3c(O)cc(S(=O)(=O)O)c4ccccc34)c2=O)c1. The number of H-pyrrole nitrogens is 1. The fraction of sp³-hybridized carbons (Fsp3) is 0.136. The zero-order chi connectivity index (χ0) is 26.3. The number of aromatic amines is 1. The summed E-state index contributed by atoms with van der Waals surface area (Å²) in [5.74, 6) is -0.676. The molecule has 0 aliphatic carbocycles. The lowest BCUT2D eigenvalue weighted by molar-refractivity contribution is 0.468. The minimum absolute atomic E-state index is 0.0862. The first-order valence-electron chi connectivity index (χ1n) is 10.5. The van der Waals surface area contributed by atoms with Gasteiger partial charge in [0.05, 0.1) is 22.8 Å². The Labute approximate surface area is 205 Å². The molecule has 0 radical (unpaired) electrons. The fourth-order valence-corrected chi connectivity index (χ4v) is 4.88. The summed E-state index contributed by atoms with van der Waals surface area (Å²) >= 11 is 0. The maximum Gasteiger partial charge on any atom is 0.299 e. The first kappa shape index (κ1) is 25.1. The maximum atomic E-state index is 13.1. The van der Waals surface area contributed by atoms with Crippen LogP contribution in [0.2, 0.25) is 0 Å². The summed E-state index contributed by atoms with van der Waals surface area (Å²) in [7, 11) is -8.14. The van der Waals surface area contributed by atoms with Gasteiger partial charge in [-0.2, -0.15) is 8.42 Å². The molecule has 1 heterocycles. The Morgan fingerprint density at radius 2 is 1.64 bits per heavy atom. The van der Waals surface area contributed by atoms with E-state index in [-0.39, 0.29) is 33.6 Å².